The maximum atomic E-state index is 12.7. The highest BCUT2D eigenvalue weighted by Crippen LogP contribution is 2.32. The molecule has 4 rings (SSSR count). The average molecular weight is 309 g/mol. The quantitative estimate of drug-likeness (QED) is 0.582. The lowest BCUT2D eigenvalue weighted by Gasteiger charge is -2.06. The maximum absolute atomic E-state index is 12.7. The first kappa shape index (κ1) is 13.9. The van der Waals surface area contributed by atoms with E-state index >= 15 is 0 Å². The second-order valence-corrected chi connectivity index (χ2v) is 5.72. The van der Waals surface area contributed by atoms with E-state index in [1.54, 1.807) is 24.0 Å². The molecule has 0 amide bonds. The first-order chi connectivity index (χ1) is 11.2. The van der Waals surface area contributed by atoms with E-state index in [1.807, 2.05) is 30.3 Å². The molecule has 1 aromatic carbocycles. The molecule has 0 aliphatic heterocycles. The summed E-state index contributed by atoms with van der Waals surface area (Å²) in [6, 6.07) is 9.62. The molecule has 5 heteroatoms. The smallest absolute Gasteiger partial charge is 0.258 e. The van der Waals surface area contributed by atoms with Crippen molar-refractivity contribution in [2.24, 2.45) is 7.05 Å². The van der Waals surface area contributed by atoms with Gasteiger partial charge in [0, 0.05) is 42.1 Å². The Bertz CT molecular complexity index is 1090. The first-order valence-corrected chi connectivity index (χ1v) is 7.63. The van der Waals surface area contributed by atoms with Gasteiger partial charge in [-0.15, -0.1) is 0 Å². The normalized spacial score (nSPS) is 11.7. The molecule has 4 nitrogen and oxygen atoms in total. The molecular weight excluding hydrogens is 293 g/mol. The highest BCUT2D eigenvalue weighted by Gasteiger charge is 2.15. The van der Waals surface area contributed by atoms with E-state index in [-0.39, 0.29) is 12.2 Å². The summed E-state index contributed by atoms with van der Waals surface area (Å²) in [6.45, 7) is 0.244. The fourth-order valence-electron chi connectivity index (χ4n) is 3.28. The van der Waals surface area contributed by atoms with Crippen LogP contribution in [0.2, 0.25) is 0 Å². The fraction of sp³-hybridized carbons (Fsp3) is 0.222. The average Bonchev–Trinajstić information content (AvgIpc) is 2.90. The van der Waals surface area contributed by atoms with E-state index in [0.717, 1.165) is 27.3 Å². The molecule has 0 fully saturated rings. The lowest BCUT2D eigenvalue weighted by molar-refractivity contribution is 0.452. The number of alkyl halides is 1. The van der Waals surface area contributed by atoms with Gasteiger partial charge in [0.25, 0.3) is 5.56 Å². The molecule has 0 radical (unpaired) electrons. The van der Waals surface area contributed by atoms with Crippen LogP contribution in [0.3, 0.4) is 0 Å². The Morgan fingerprint density at radius 3 is 2.83 bits per heavy atom. The number of aromatic nitrogens is 3. The number of aryl methyl sites for hydroxylation is 2. The van der Waals surface area contributed by atoms with Gasteiger partial charge in [0.2, 0.25) is 0 Å². The van der Waals surface area contributed by atoms with E-state index in [0.29, 0.717) is 18.4 Å². The van der Waals surface area contributed by atoms with Crippen LogP contribution in [-0.2, 0) is 13.6 Å². The van der Waals surface area contributed by atoms with Crippen molar-refractivity contribution >= 4 is 32.7 Å². The Kier molecular flexibility index (Phi) is 3.15. The van der Waals surface area contributed by atoms with Gasteiger partial charge in [-0.3, -0.25) is 14.2 Å². The molecule has 116 valence electrons. The largest absolute Gasteiger partial charge is 0.339 e. The summed E-state index contributed by atoms with van der Waals surface area (Å²) in [6.07, 6.45) is 3.99. The Morgan fingerprint density at radius 1 is 1.13 bits per heavy atom. The summed E-state index contributed by atoms with van der Waals surface area (Å²) in [5.74, 6) is 0. The number of pyridine rings is 2. The summed E-state index contributed by atoms with van der Waals surface area (Å²) in [5, 5.41) is 2.54. The van der Waals surface area contributed by atoms with Crippen LogP contribution in [0.25, 0.3) is 32.7 Å². The first-order valence-electron chi connectivity index (χ1n) is 7.63. The predicted molar refractivity (Wildman–Crippen MR) is 90.6 cm³/mol. The highest BCUT2D eigenvalue weighted by molar-refractivity contribution is 6.19. The molecule has 0 saturated heterocycles. The second kappa shape index (κ2) is 5.19. The molecule has 3 heterocycles. The Hall–Kier alpha value is -2.69. The standard InChI is InChI=1S/C18H16FN3O/c1-21-11-7-12-13(18(21)23)5-6-14-16(12)17-15(4-2-9-20-17)22(14)10-3-8-19/h2,4-7,9,11H,3,8,10H2,1H3. The Balaban J connectivity index is 2.21. The minimum atomic E-state index is -0.352. The van der Waals surface area contributed by atoms with E-state index in [1.165, 1.54) is 0 Å². The van der Waals surface area contributed by atoms with Crippen molar-refractivity contribution in [1.82, 2.24) is 14.1 Å². The minimum Gasteiger partial charge on any atom is -0.339 e. The third-order valence-electron chi connectivity index (χ3n) is 4.36. The van der Waals surface area contributed by atoms with Gasteiger partial charge in [0.05, 0.1) is 23.2 Å². The van der Waals surface area contributed by atoms with Crippen LogP contribution in [0, 0.1) is 0 Å². The van der Waals surface area contributed by atoms with E-state index in [4.69, 9.17) is 0 Å². The van der Waals surface area contributed by atoms with Crippen LogP contribution in [0.4, 0.5) is 4.39 Å². The Labute approximate surface area is 131 Å². The van der Waals surface area contributed by atoms with Crippen molar-refractivity contribution in [3.8, 4) is 0 Å². The Morgan fingerprint density at radius 2 is 2.00 bits per heavy atom. The van der Waals surface area contributed by atoms with Crippen molar-refractivity contribution in [3.63, 3.8) is 0 Å². The molecule has 0 bridgehead atoms. The van der Waals surface area contributed by atoms with Crippen molar-refractivity contribution in [2.45, 2.75) is 13.0 Å². The molecule has 0 spiro atoms. The monoisotopic (exact) mass is 309 g/mol. The van der Waals surface area contributed by atoms with Crippen LogP contribution in [0.1, 0.15) is 6.42 Å². The molecule has 0 atom stereocenters. The third-order valence-corrected chi connectivity index (χ3v) is 4.36. The fourth-order valence-corrected chi connectivity index (χ4v) is 3.28. The highest BCUT2D eigenvalue weighted by atomic mass is 19.1. The lowest BCUT2D eigenvalue weighted by Crippen LogP contribution is -2.15. The molecule has 4 aromatic rings. The second-order valence-electron chi connectivity index (χ2n) is 5.72. The minimum absolute atomic E-state index is 0.0232. The molecular formula is C18H16FN3O. The number of halogens is 1. The summed E-state index contributed by atoms with van der Waals surface area (Å²) >= 11 is 0. The molecule has 0 N–H and O–H groups in total. The van der Waals surface area contributed by atoms with Gasteiger partial charge in [-0.2, -0.15) is 0 Å². The molecule has 3 aromatic heterocycles. The number of nitrogens with zero attached hydrogens (tertiary/aromatic N) is 3. The van der Waals surface area contributed by atoms with Crippen molar-refractivity contribution in [3.05, 3.63) is 53.1 Å². The summed E-state index contributed by atoms with van der Waals surface area (Å²) < 4.78 is 16.3. The molecule has 0 saturated carbocycles. The zero-order valence-corrected chi connectivity index (χ0v) is 12.8. The topological polar surface area (TPSA) is 39.8 Å². The molecule has 0 aliphatic carbocycles. The summed E-state index contributed by atoms with van der Waals surface area (Å²) in [5.41, 5.74) is 2.81. The van der Waals surface area contributed by atoms with Crippen molar-refractivity contribution in [1.29, 1.82) is 0 Å². The van der Waals surface area contributed by atoms with Gasteiger partial charge in [0.1, 0.15) is 0 Å². The van der Waals surface area contributed by atoms with Crippen LogP contribution in [-0.4, -0.2) is 20.8 Å². The number of fused-ring (bicyclic) bond motifs is 5. The van der Waals surface area contributed by atoms with E-state index < -0.39 is 0 Å². The van der Waals surface area contributed by atoms with Gasteiger partial charge in [-0.25, -0.2) is 0 Å². The van der Waals surface area contributed by atoms with Gasteiger partial charge < -0.3 is 9.13 Å². The van der Waals surface area contributed by atoms with Crippen molar-refractivity contribution < 1.29 is 4.39 Å². The zero-order valence-electron chi connectivity index (χ0n) is 12.8. The number of hydrogen-bond donors (Lipinski definition) is 0. The molecule has 23 heavy (non-hydrogen) atoms. The van der Waals surface area contributed by atoms with Crippen LogP contribution >= 0.6 is 0 Å². The van der Waals surface area contributed by atoms with Crippen LogP contribution < -0.4 is 5.56 Å². The summed E-state index contributed by atoms with van der Waals surface area (Å²) in [4.78, 5) is 16.9. The van der Waals surface area contributed by atoms with Crippen molar-refractivity contribution in [2.75, 3.05) is 6.67 Å². The number of rotatable bonds is 3. The third kappa shape index (κ3) is 1.96. The lowest BCUT2D eigenvalue weighted by atomic mass is 10.1. The van der Waals surface area contributed by atoms with Crippen LogP contribution in [0.5, 0.6) is 0 Å². The molecule has 0 unspecified atom stereocenters. The van der Waals surface area contributed by atoms with Gasteiger partial charge in [-0.1, -0.05) is 0 Å². The van der Waals surface area contributed by atoms with Gasteiger partial charge >= 0.3 is 0 Å². The zero-order chi connectivity index (χ0) is 16.0. The van der Waals surface area contributed by atoms with E-state index in [9.17, 15) is 9.18 Å². The van der Waals surface area contributed by atoms with Crippen LogP contribution in [0.15, 0.2) is 47.5 Å². The summed E-state index contributed by atoms with van der Waals surface area (Å²) in [7, 11) is 1.74. The van der Waals surface area contributed by atoms with E-state index in [2.05, 4.69) is 9.55 Å². The number of hydrogen-bond acceptors (Lipinski definition) is 2. The predicted octanol–water partition coefficient (Wildman–Crippen LogP) is 3.40. The number of benzene rings is 1. The SMILES string of the molecule is Cn1ccc2c(ccc3c2c2ncccc2n3CCCF)c1=O. The van der Waals surface area contributed by atoms with Gasteiger partial charge in [0.15, 0.2) is 0 Å². The maximum Gasteiger partial charge on any atom is 0.258 e. The molecule has 0 aliphatic rings. The van der Waals surface area contributed by atoms with Gasteiger partial charge in [-0.05, 0) is 36.8 Å².